The number of carbonyl (C=O) groups is 2. The van der Waals surface area contributed by atoms with Crippen molar-refractivity contribution in [2.75, 3.05) is 4.90 Å². The fraction of sp³-hybridized carbons (Fsp3) is 0.286. The van der Waals surface area contributed by atoms with Crippen LogP contribution in [0.5, 0.6) is 0 Å². The minimum atomic E-state index is -0.955. The first kappa shape index (κ1) is 16.8. The second-order valence-electron chi connectivity index (χ2n) is 7.74. The number of aromatic nitrogens is 2. The molecule has 5 rings (SSSR count). The van der Waals surface area contributed by atoms with Crippen molar-refractivity contribution >= 4 is 23.6 Å². The zero-order valence-electron chi connectivity index (χ0n) is 15.7. The lowest BCUT2D eigenvalue weighted by molar-refractivity contribution is -0.121. The molecule has 28 heavy (non-hydrogen) atoms. The van der Waals surface area contributed by atoms with E-state index in [4.69, 9.17) is 0 Å². The molecule has 2 bridgehead atoms. The number of carbonyl (C=O) groups excluding carboxylic acids is 2. The van der Waals surface area contributed by atoms with Crippen molar-refractivity contribution < 1.29 is 9.59 Å². The Bertz CT molecular complexity index is 1030. The van der Waals surface area contributed by atoms with Crippen LogP contribution in [0.3, 0.4) is 0 Å². The van der Waals surface area contributed by atoms with E-state index in [0.717, 1.165) is 16.9 Å². The highest BCUT2D eigenvalue weighted by Gasteiger charge is 2.68. The van der Waals surface area contributed by atoms with E-state index in [0.29, 0.717) is 12.1 Å². The molecule has 1 aromatic carbocycles. The number of amides is 2. The largest absolute Gasteiger partial charge is 0.345 e. The summed E-state index contributed by atoms with van der Waals surface area (Å²) < 4.78 is 0. The Kier molecular flexibility index (Phi) is 3.49. The molecule has 3 aliphatic rings. The number of anilines is 1. The molecule has 0 saturated carbocycles. The van der Waals surface area contributed by atoms with E-state index < -0.39 is 5.79 Å². The van der Waals surface area contributed by atoms with Gasteiger partial charge in [0.2, 0.25) is 11.7 Å². The number of hydrogen-bond acceptors (Lipinski definition) is 4. The van der Waals surface area contributed by atoms with Crippen molar-refractivity contribution in [1.29, 1.82) is 0 Å². The minimum Gasteiger partial charge on any atom is -0.345 e. The molecule has 2 amide bonds. The summed E-state index contributed by atoms with van der Waals surface area (Å²) in [6.45, 7) is 4.06. The predicted octanol–water partition coefficient (Wildman–Crippen LogP) is 2.24. The number of hydrogen-bond donors (Lipinski definition) is 3. The molecule has 2 saturated heterocycles. The minimum absolute atomic E-state index is 0.0387. The van der Waals surface area contributed by atoms with E-state index in [1.54, 1.807) is 23.5 Å². The Morgan fingerprint density at radius 3 is 2.82 bits per heavy atom. The molecule has 0 aliphatic carbocycles. The molecule has 1 aromatic heterocycles. The maximum Gasteiger partial charge on any atom is 0.270 e. The first-order valence-corrected chi connectivity index (χ1v) is 9.38. The van der Waals surface area contributed by atoms with Gasteiger partial charge in [-0.15, -0.1) is 0 Å². The Balaban J connectivity index is 1.60. The lowest BCUT2D eigenvalue weighted by Crippen LogP contribution is -2.60. The van der Waals surface area contributed by atoms with E-state index in [-0.39, 0.29) is 23.7 Å². The summed E-state index contributed by atoms with van der Waals surface area (Å²) in [5.74, 6) is -1.53. The number of para-hydroxylation sites is 1. The van der Waals surface area contributed by atoms with Gasteiger partial charge >= 0.3 is 0 Å². The van der Waals surface area contributed by atoms with Crippen LogP contribution in [0.15, 0.2) is 54.1 Å². The summed E-state index contributed by atoms with van der Waals surface area (Å²) in [6, 6.07) is 7.89. The maximum absolute atomic E-state index is 13.3. The summed E-state index contributed by atoms with van der Waals surface area (Å²) >= 11 is 0. The van der Waals surface area contributed by atoms with Crippen molar-refractivity contribution in [2.24, 2.45) is 5.92 Å². The molecule has 3 atom stereocenters. The third kappa shape index (κ3) is 2.19. The highest BCUT2D eigenvalue weighted by Crippen LogP contribution is 2.57. The SMILES string of the molecule is CC(C)=CC[C@@H]1C(=O)N2c3ccccc3[C@H]1C21NC(=O)/C(=C\c2cnc[nH]2)N1. The number of allylic oxidation sites excluding steroid dienone is 2. The lowest BCUT2D eigenvalue weighted by Gasteiger charge is -2.31. The monoisotopic (exact) mass is 375 g/mol. The molecule has 142 valence electrons. The number of aromatic amines is 1. The third-order valence-electron chi connectivity index (χ3n) is 5.73. The fourth-order valence-electron chi connectivity index (χ4n) is 4.62. The summed E-state index contributed by atoms with van der Waals surface area (Å²) in [6.07, 6.45) is 7.67. The van der Waals surface area contributed by atoms with Crippen molar-refractivity contribution in [3.63, 3.8) is 0 Å². The van der Waals surface area contributed by atoms with Crippen LogP contribution >= 0.6 is 0 Å². The van der Waals surface area contributed by atoms with Crippen LogP contribution in [-0.4, -0.2) is 27.6 Å². The van der Waals surface area contributed by atoms with E-state index in [1.165, 1.54) is 5.57 Å². The Labute approximate surface area is 162 Å². The Morgan fingerprint density at radius 2 is 2.07 bits per heavy atom. The van der Waals surface area contributed by atoms with Crippen LogP contribution < -0.4 is 15.5 Å². The van der Waals surface area contributed by atoms with Crippen LogP contribution in [0, 0.1) is 5.92 Å². The predicted molar refractivity (Wildman–Crippen MR) is 105 cm³/mol. The van der Waals surface area contributed by atoms with Gasteiger partial charge in [0.15, 0.2) is 0 Å². The van der Waals surface area contributed by atoms with Crippen LogP contribution in [0.2, 0.25) is 0 Å². The van der Waals surface area contributed by atoms with Gasteiger partial charge in [0, 0.05) is 0 Å². The van der Waals surface area contributed by atoms with Crippen molar-refractivity contribution in [1.82, 2.24) is 20.6 Å². The van der Waals surface area contributed by atoms with Gasteiger partial charge in [0.25, 0.3) is 5.91 Å². The number of nitrogens with zero attached hydrogens (tertiary/aromatic N) is 2. The molecular formula is C21H21N5O2. The number of imidazole rings is 1. The van der Waals surface area contributed by atoms with Gasteiger partial charge in [-0.1, -0.05) is 29.8 Å². The molecule has 3 N–H and O–H groups in total. The fourth-order valence-corrected chi connectivity index (χ4v) is 4.62. The average Bonchev–Trinajstić information content (AvgIpc) is 3.38. The van der Waals surface area contributed by atoms with E-state index >= 15 is 0 Å². The normalized spacial score (nSPS) is 28.6. The van der Waals surface area contributed by atoms with Gasteiger partial charge in [-0.25, -0.2) is 4.98 Å². The van der Waals surface area contributed by atoms with Crippen molar-refractivity contribution in [3.05, 3.63) is 65.4 Å². The molecule has 2 aromatic rings. The van der Waals surface area contributed by atoms with Gasteiger partial charge in [0.05, 0.1) is 35.7 Å². The highest BCUT2D eigenvalue weighted by molar-refractivity contribution is 6.09. The maximum atomic E-state index is 13.3. The topological polar surface area (TPSA) is 90.1 Å². The number of rotatable bonds is 3. The lowest BCUT2D eigenvalue weighted by atomic mass is 9.82. The van der Waals surface area contributed by atoms with E-state index in [2.05, 4.69) is 26.7 Å². The Morgan fingerprint density at radius 1 is 1.25 bits per heavy atom. The van der Waals surface area contributed by atoms with Gasteiger partial charge < -0.3 is 15.6 Å². The van der Waals surface area contributed by atoms with Gasteiger partial charge in [-0.05, 0) is 38.0 Å². The number of H-pyrrole nitrogens is 1. The first-order valence-electron chi connectivity index (χ1n) is 9.38. The summed E-state index contributed by atoms with van der Waals surface area (Å²) in [5, 5.41) is 6.43. The molecular weight excluding hydrogens is 354 g/mol. The standard InChI is InChI=1S/C21H21N5O2/c1-12(2)7-8-15-18-14-5-3-4-6-17(14)26(20(15)28)21(18)24-16(19(27)25-21)9-13-10-22-11-23-13/h3-7,9-11,15,18,24H,8H2,1-2H3,(H,22,23)(H,25,27)/b16-9+/t15-,18+,21?/m0/s1. The molecule has 4 heterocycles. The van der Waals surface area contributed by atoms with E-state index in [9.17, 15) is 9.59 Å². The van der Waals surface area contributed by atoms with Crippen LogP contribution in [0.25, 0.3) is 6.08 Å². The van der Waals surface area contributed by atoms with E-state index in [1.807, 2.05) is 38.1 Å². The molecule has 0 radical (unpaired) electrons. The van der Waals surface area contributed by atoms with Crippen LogP contribution in [-0.2, 0) is 9.59 Å². The number of fused-ring (bicyclic) bond motifs is 3. The van der Waals surface area contributed by atoms with Crippen molar-refractivity contribution in [3.8, 4) is 0 Å². The number of nitrogens with one attached hydrogen (secondary N) is 3. The van der Waals surface area contributed by atoms with Crippen LogP contribution in [0.1, 0.15) is 37.4 Å². The molecule has 1 unspecified atom stereocenters. The molecule has 2 fully saturated rings. The second-order valence-corrected chi connectivity index (χ2v) is 7.74. The molecule has 7 heteroatoms. The summed E-state index contributed by atoms with van der Waals surface area (Å²) in [4.78, 5) is 34.8. The quantitative estimate of drug-likeness (QED) is 0.567. The van der Waals surface area contributed by atoms with Gasteiger partial charge in [-0.2, -0.15) is 0 Å². The Hall–Kier alpha value is -3.35. The highest BCUT2D eigenvalue weighted by atomic mass is 16.2. The average molecular weight is 375 g/mol. The third-order valence-corrected chi connectivity index (χ3v) is 5.73. The molecule has 3 aliphatic heterocycles. The summed E-state index contributed by atoms with van der Waals surface area (Å²) in [5.41, 5.74) is 4.27. The molecule has 1 spiro atoms. The zero-order valence-corrected chi connectivity index (χ0v) is 15.7. The second kappa shape index (κ2) is 5.82. The zero-order chi connectivity index (χ0) is 19.5. The van der Waals surface area contributed by atoms with Crippen LogP contribution in [0.4, 0.5) is 5.69 Å². The van der Waals surface area contributed by atoms with Gasteiger partial charge in [0.1, 0.15) is 5.70 Å². The van der Waals surface area contributed by atoms with Crippen molar-refractivity contribution in [2.45, 2.75) is 32.0 Å². The smallest absolute Gasteiger partial charge is 0.270 e. The molecule has 7 nitrogen and oxygen atoms in total. The number of benzene rings is 1. The van der Waals surface area contributed by atoms with Gasteiger partial charge in [-0.3, -0.25) is 14.5 Å². The summed E-state index contributed by atoms with van der Waals surface area (Å²) in [7, 11) is 0. The first-order chi connectivity index (χ1) is 13.5.